The highest BCUT2D eigenvalue weighted by Gasteiger charge is 2.22. The normalized spacial score (nSPS) is 11.5. The summed E-state index contributed by atoms with van der Waals surface area (Å²) in [4.78, 5) is 0. The molecule has 0 aromatic heterocycles. The van der Waals surface area contributed by atoms with Crippen LogP contribution in [-0.2, 0) is 5.41 Å². The summed E-state index contributed by atoms with van der Waals surface area (Å²) >= 11 is 0. The van der Waals surface area contributed by atoms with Crippen molar-refractivity contribution in [2.24, 2.45) is 0 Å². The van der Waals surface area contributed by atoms with Gasteiger partial charge in [0, 0.05) is 0 Å². The third kappa shape index (κ3) is 12.6. The number of hydrogen-bond donors (Lipinski definition) is 0. The van der Waals surface area contributed by atoms with Gasteiger partial charge in [-0.2, -0.15) is 0 Å². The van der Waals surface area contributed by atoms with Gasteiger partial charge in [-0.05, 0) is 259 Å². The Kier molecular flexibility index (Phi) is 17.0. The van der Waals surface area contributed by atoms with Crippen LogP contribution in [0.3, 0.4) is 0 Å². The maximum atomic E-state index is 2.38. The van der Waals surface area contributed by atoms with Crippen LogP contribution in [0.25, 0.3) is 187 Å². The van der Waals surface area contributed by atoms with Gasteiger partial charge in [0.15, 0.2) is 0 Å². The van der Waals surface area contributed by atoms with Crippen molar-refractivity contribution in [1.29, 1.82) is 0 Å². The minimum Gasteiger partial charge on any atom is -0.0622 e. The molecule has 0 aliphatic rings. The molecular weight excluding hydrogens is 1270 g/mol. The topological polar surface area (TPSA) is 0 Å². The zero-order valence-corrected chi connectivity index (χ0v) is 59.7. The highest BCUT2D eigenvalue weighted by Crippen LogP contribution is 2.48. The molecule has 500 valence electrons. The Morgan fingerprint density at radius 1 is 0.132 bits per heavy atom. The van der Waals surface area contributed by atoms with E-state index in [-0.39, 0.29) is 5.41 Å². The van der Waals surface area contributed by atoms with Crippen molar-refractivity contribution in [3.8, 4) is 122 Å². The maximum absolute atomic E-state index is 2.38. The average molecular weight is 1350 g/mol. The van der Waals surface area contributed by atoms with Gasteiger partial charge >= 0.3 is 0 Å². The molecule has 0 heteroatoms. The summed E-state index contributed by atoms with van der Waals surface area (Å²) in [5.74, 6) is 0. The van der Waals surface area contributed by atoms with E-state index >= 15 is 0 Å². The summed E-state index contributed by atoms with van der Waals surface area (Å²) < 4.78 is 0. The van der Waals surface area contributed by atoms with Crippen LogP contribution in [-0.4, -0.2) is 0 Å². The minimum absolute atomic E-state index is 0.0286. The van der Waals surface area contributed by atoms with E-state index in [1.807, 2.05) is 0 Å². The highest BCUT2D eigenvalue weighted by atomic mass is 14.3. The fourth-order valence-electron chi connectivity index (χ4n) is 16.1. The zero-order valence-electron chi connectivity index (χ0n) is 59.7. The first-order chi connectivity index (χ1) is 52.2. The van der Waals surface area contributed by atoms with Crippen molar-refractivity contribution in [3.63, 3.8) is 0 Å². The van der Waals surface area contributed by atoms with Gasteiger partial charge in [0.1, 0.15) is 0 Å². The number of hydrogen-bond acceptors (Lipinski definition) is 0. The molecule has 0 radical (unpaired) electrons. The van der Waals surface area contributed by atoms with E-state index in [0.29, 0.717) is 0 Å². The van der Waals surface area contributed by atoms with Crippen LogP contribution in [0.1, 0.15) is 26.3 Å². The van der Waals surface area contributed by atoms with E-state index in [9.17, 15) is 0 Å². The Morgan fingerprint density at radius 3 is 0.632 bits per heavy atom. The smallest absolute Gasteiger partial charge is 0.00262 e. The molecule has 0 aliphatic carbocycles. The van der Waals surface area contributed by atoms with Crippen LogP contribution in [0.4, 0.5) is 0 Å². The molecule has 0 nitrogen and oxygen atoms in total. The van der Waals surface area contributed by atoms with E-state index in [1.165, 1.54) is 193 Å². The second-order valence-corrected chi connectivity index (χ2v) is 29.1. The lowest BCUT2D eigenvalue weighted by Crippen LogP contribution is -2.11. The van der Waals surface area contributed by atoms with Gasteiger partial charge in [-0.15, -0.1) is 0 Å². The lowest BCUT2D eigenvalue weighted by atomic mass is 9.83. The van der Waals surface area contributed by atoms with Crippen LogP contribution in [0.15, 0.2) is 406 Å². The molecule has 19 aromatic carbocycles. The highest BCUT2D eigenvalue weighted by molar-refractivity contribution is 6.23. The third-order valence-electron chi connectivity index (χ3n) is 21.4. The van der Waals surface area contributed by atoms with Gasteiger partial charge in [0.05, 0.1) is 0 Å². The molecule has 0 aliphatic heterocycles. The molecule has 0 bridgehead atoms. The number of benzene rings is 19. The van der Waals surface area contributed by atoms with E-state index in [2.05, 4.69) is 427 Å². The Balaban J connectivity index is 0.000000150. The van der Waals surface area contributed by atoms with Gasteiger partial charge < -0.3 is 0 Å². The van der Waals surface area contributed by atoms with Crippen LogP contribution in [0.2, 0.25) is 0 Å². The molecule has 0 saturated heterocycles. The molecular formula is C106H76. The van der Waals surface area contributed by atoms with Crippen LogP contribution in [0.5, 0.6) is 0 Å². The van der Waals surface area contributed by atoms with Crippen molar-refractivity contribution >= 4 is 64.6 Å². The summed E-state index contributed by atoms with van der Waals surface area (Å²) in [7, 11) is 0. The van der Waals surface area contributed by atoms with E-state index < -0.39 is 0 Å². The molecule has 0 N–H and O–H groups in total. The maximum Gasteiger partial charge on any atom is -0.00262 e. The van der Waals surface area contributed by atoms with Crippen molar-refractivity contribution in [2.75, 3.05) is 0 Å². The van der Waals surface area contributed by atoms with Gasteiger partial charge in [0.2, 0.25) is 0 Å². The van der Waals surface area contributed by atoms with Gasteiger partial charge in [0.25, 0.3) is 0 Å². The first-order valence-corrected chi connectivity index (χ1v) is 36.9. The predicted octanol–water partition coefficient (Wildman–Crippen LogP) is 29.9. The third-order valence-corrected chi connectivity index (χ3v) is 21.4. The van der Waals surface area contributed by atoms with Crippen molar-refractivity contribution in [1.82, 2.24) is 0 Å². The van der Waals surface area contributed by atoms with Crippen molar-refractivity contribution in [2.45, 2.75) is 26.2 Å². The van der Waals surface area contributed by atoms with Crippen molar-refractivity contribution in [3.05, 3.63) is 412 Å². The van der Waals surface area contributed by atoms with Crippen LogP contribution < -0.4 is 0 Å². The summed E-state index contributed by atoms with van der Waals surface area (Å²) in [6, 6.07) is 149. The fourth-order valence-corrected chi connectivity index (χ4v) is 16.1. The number of rotatable bonds is 11. The van der Waals surface area contributed by atoms with Gasteiger partial charge in [-0.1, -0.05) is 367 Å². The van der Waals surface area contributed by atoms with Gasteiger partial charge in [-0.25, -0.2) is 0 Å². The Hall–Kier alpha value is -13.3. The summed E-state index contributed by atoms with van der Waals surface area (Å²) in [5, 5.41) is 15.2. The molecule has 0 atom stereocenters. The molecule has 0 fully saturated rings. The molecule has 0 amide bonds. The lowest BCUT2D eigenvalue weighted by molar-refractivity contribution is 0.590. The van der Waals surface area contributed by atoms with E-state index in [4.69, 9.17) is 0 Å². The first kappa shape index (κ1) is 64.8. The monoisotopic (exact) mass is 1350 g/mol. The molecule has 0 saturated carbocycles. The van der Waals surface area contributed by atoms with E-state index in [1.54, 1.807) is 0 Å². The second kappa shape index (κ2) is 27.8. The first-order valence-electron chi connectivity index (χ1n) is 36.9. The molecule has 0 unspecified atom stereocenters. The van der Waals surface area contributed by atoms with Crippen LogP contribution in [0, 0.1) is 0 Å². The quantitative estimate of drug-likeness (QED) is 0.113. The Bertz CT molecular complexity index is 6360. The van der Waals surface area contributed by atoms with E-state index in [0.717, 1.165) is 0 Å². The molecule has 19 aromatic rings. The Morgan fingerprint density at radius 2 is 0.330 bits per heavy atom. The predicted molar refractivity (Wildman–Crippen MR) is 456 cm³/mol. The van der Waals surface area contributed by atoms with Gasteiger partial charge in [-0.3, -0.25) is 0 Å². The largest absolute Gasteiger partial charge is 0.0622 e. The summed E-state index contributed by atoms with van der Waals surface area (Å²) in [6.45, 7) is 6.89. The zero-order chi connectivity index (χ0) is 71.1. The Labute approximate surface area is 621 Å². The van der Waals surface area contributed by atoms with Crippen LogP contribution >= 0.6 is 0 Å². The summed E-state index contributed by atoms with van der Waals surface area (Å²) in [5.41, 5.74) is 28.4. The molecule has 0 heterocycles. The number of fused-ring (bicyclic) bond motifs is 6. The lowest BCUT2D eigenvalue weighted by Gasteiger charge is -2.22. The molecule has 106 heavy (non-hydrogen) atoms. The average Bonchev–Trinajstić information content (AvgIpc) is 0.736. The second-order valence-electron chi connectivity index (χ2n) is 29.1. The standard InChI is InChI=1S/C54H36.C52H40/c1-3-15-37(16-4-1)46-34-47(38-17-5-2-6-18-38)36-48(35-46)43-23-13-21-41(31-43)42-22-14-24-44(33-42)53-49-25-9-11-27-51(49)54(52-28-12-10-26-50(52)53)45-30-29-39-19-7-8-20-40(39)32-45;1-52(2,3)45-33-43(35-15-5-4-6-16-35)32-44(34-45)40-21-13-19-38(29-40)39-20-14-22-41(31-39)50-46-23-9-11-25-48(46)51(49-26-12-10-24-47(49)50)42-28-27-36-17-7-8-18-37(36)30-42/h1-36H;4-34H,1-3H3. The fraction of sp³-hybridized carbons (Fsp3) is 0.0377. The molecule has 0 spiro atoms. The molecule has 19 rings (SSSR count). The summed E-state index contributed by atoms with van der Waals surface area (Å²) in [6.07, 6.45) is 0. The van der Waals surface area contributed by atoms with Crippen molar-refractivity contribution < 1.29 is 0 Å². The SMILES string of the molecule is CC(C)(C)c1cc(-c2ccccc2)cc(-c2cccc(-c3cccc(-c4c5ccccc5c(-c5ccc6ccccc6c5)c5ccccc45)c3)c2)c1.c1ccc(-c2cc(-c3ccccc3)cc(-c3cccc(-c4cccc(-c5c6ccccc6c(-c6ccc7ccccc7c6)c6ccccc56)c4)c3)c2)cc1. The minimum atomic E-state index is 0.0286.